The average molecular weight is 290 g/mol. The van der Waals surface area contributed by atoms with Crippen LogP contribution in [0.1, 0.15) is 12.5 Å². The number of rotatable bonds is 3. The van der Waals surface area contributed by atoms with Crippen LogP contribution in [0.3, 0.4) is 0 Å². The summed E-state index contributed by atoms with van der Waals surface area (Å²) in [5, 5.41) is 0. The summed E-state index contributed by atoms with van der Waals surface area (Å²) in [6, 6.07) is 8.43. The van der Waals surface area contributed by atoms with Crippen LogP contribution in [0.4, 0.5) is 0 Å². The van der Waals surface area contributed by atoms with Crippen LogP contribution in [0.15, 0.2) is 35.2 Å². The third kappa shape index (κ3) is 3.12. The minimum absolute atomic E-state index is 0. The molecular formula is C13H15NaO4S. The summed E-state index contributed by atoms with van der Waals surface area (Å²) < 4.78 is 37.3. The number of ether oxygens (including phenoxy) is 1. The number of hydrogen-bond donors (Lipinski definition) is 1. The van der Waals surface area contributed by atoms with Crippen molar-refractivity contribution in [1.82, 2.24) is 0 Å². The van der Waals surface area contributed by atoms with Gasteiger partial charge in [0.15, 0.2) is 0 Å². The molecule has 0 bridgehead atoms. The van der Waals surface area contributed by atoms with Crippen LogP contribution in [0, 0.1) is 0 Å². The molecule has 0 aromatic rings. The first-order valence-corrected chi connectivity index (χ1v) is 6.99. The molecule has 0 aromatic heterocycles. The molecule has 0 atom stereocenters. The zero-order valence-electron chi connectivity index (χ0n) is 10.2. The third-order valence-corrected chi connectivity index (χ3v) is 3.80. The fourth-order valence-electron chi connectivity index (χ4n) is 2.10. The molecule has 0 aliphatic heterocycles. The molecule has 6 heteroatoms. The van der Waals surface area contributed by atoms with Gasteiger partial charge in [-0.05, 0) is 24.1 Å². The van der Waals surface area contributed by atoms with Crippen LogP contribution >= 0.6 is 0 Å². The van der Waals surface area contributed by atoms with E-state index in [4.69, 9.17) is 4.74 Å². The van der Waals surface area contributed by atoms with Gasteiger partial charge in [-0.1, -0.05) is 25.1 Å². The van der Waals surface area contributed by atoms with E-state index >= 15 is 0 Å². The molecule has 19 heavy (non-hydrogen) atoms. The SMILES string of the molecule is CCc1cc(S(=O)(=O)O)c2ccccc(OC)c1-2.[NaH]. The van der Waals surface area contributed by atoms with Gasteiger partial charge in [-0.15, -0.1) is 0 Å². The van der Waals surface area contributed by atoms with Crippen LogP contribution in [-0.4, -0.2) is 49.6 Å². The predicted octanol–water partition coefficient (Wildman–Crippen LogP) is 1.96. The van der Waals surface area contributed by atoms with E-state index in [0.29, 0.717) is 17.7 Å². The first kappa shape index (κ1) is 16.5. The monoisotopic (exact) mass is 290 g/mol. The van der Waals surface area contributed by atoms with Gasteiger partial charge in [-0.3, -0.25) is 4.55 Å². The van der Waals surface area contributed by atoms with Gasteiger partial charge in [0.25, 0.3) is 10.1 Å². The van der Waals surface area contributed by atoms with E-state index in [-0.39, 0.29) is 34.5 Å². The van der Waals surface area contributed by atoms with Gasteiger partial charge in [0, 0.05) is 11.1 Å². The van der Waals surface area contributed by atoms with Crippen molar-refractivity contribution in [2.75, 3.05) is 7.11 Å². The third-order valence-electron chi connectivity index (χ3n) is 2.91. The van der Waals surface area contributed by atoms with E-state index in [1.165, 1.54) is 13.2 Å². The van der Waals surface area contributed by atoms with E-state index in [9.17, 15) is 13.0 Å². The van der Waals surface area contributed by atoms with Crippen LogP contribution in [0.25, 0.3) is 11.1 Å². The van der Waals surface area contributed by atoms with Crippen LogP contribution in [-0.2, 0) is 16.5 Å². The topological polar surface area (TPSA) is 63.6 Å². The van der Waals surface area contributed by atoms with E-state index < -0.39 is 10.1 Å². The molecule has 1 N–H and O–H groups in total. The van der Waals surface area contributed by atoms with Crippen molar-refractivity contribution in [3.05, 3.63) is 35.9 Å². The normalized spacial score (nSPS) is 11.1. The van der Waals surface area contributed by atoms with Crippen molar-refractivity contribution >= 4 is 39.7 Å². The van der Waals surface area contributed by atoms with Crippen LogP contribution in [0.5, 0.6) is 5.75 Å². The molecule has 2 aliphatic carbocycles. The summed E-state index contributed by atoms with van der Waals surface area (Å²) in [7, 11) is -2.69. The van der Waals surface area contributed by atoms with Crippen molar-refractivity contribution in [3.63, 3.8) is 0 Å². The number of methoxy groups -OCH3 is 1. The average Bonchev–Trinajstić information content (AvgIpc) is 2.56. The van der Waals surface area contributed by atoms with Crippen molar-refractivity contribution in [2.24, 2.45) is 0 Å². The zero-order chi connectivity index (χ0) is 13.3. The predicted molar refractivity (Wildman–Crippen MR) is 76.0 cm³/mol. The molecule has 2 aliphatic rings. The molecule has 0 fully saturated rings. The summed E-state index contributed by atoms with van der Waals surface area (Å²) >= 11 is 0. The molecule has 2 rings (SSSR count). The zero-order valence-corrected chi connectivity index (χ0v) is 11.0. The number of hydrogen-bond acceptors (Lipinski definition) is 3. The van der Waals surface area contributed by atoms with E-state index in [2.05, 4.69) is 0 Å². The first-order chi connectivity index (χ1) is 8.49. The Labute approximate surface area is 135 Å². The minimum atomic E-state index is -4.23. The van der Waals surface area contributed by atoms with E-state index in [0.717, 1.165) is 11.1 Å². The van der Waals surface area contributed by atoms with E-state index in [1.807, 2.05) is 6.92 Å². The Bertz CT molecular complexity index is 652. The van der Waals surface area contributed by atoms with Gasteiger partial charge < -0.3 is 4.74 Å². The molecule has 0 aromatic carbocycles. The van der Waals surface area contributed by atoms with Crippen molar-refractivity contribution < 1.29 is 17.7 Å². The molecule has 0 saturated heterocycles. The van der Waals surface area contributed by atoms with Gasteiger partial charge in [0.1, 0.15) is 10.6 Å². The van der Waals surface area contributed by atoms with Crippen LogP contribution < -0.4 is 4.74 Å². The maximum absolute atomic E-state index is 11.4. The van der Waals surface area contributed by atoms with Gasteiger partial charge in [-0.2, -0.15) is 8.42 Å². The summed E-state index contributed by atoms with van der Waals surface area (Å²) in [5.41, 5.74) is 2.06. The Balaban J connectivity index is 0.00000180. The molecule has 0 heterocycles. The van der Waals surface area contributed by atoms with Gasteiger partial charge in [0.2, 0.25) is 0 Å². The van der Waals surface area contributed by atoms with Crippen molar-refractivity contribution in [3.8, 4) is 16.9 Å². The van der Waals surface area contributed by atoms with Gasteiger partial charge in [-0.25, -0.2) is 0 Å². The summed E-state index contributed by atoms with van der Waals surface area (Å²) in [6.45, 7) is 1.93. The maximum atomic E-state index is 11.4. The summed E-state index contributed by atoms with van der Waals surface area (Å²) in [6.07, 6.45) is 0.659. The Morgan fingerprint density at radius 3 is 2.42 bits per heavy atom. The van der Waals surface area contributed by atoms with Gasteiger partial charge >= 0.3 is 29.6 Å². The second-order valence-electron chi connectivity index (χ2n) is 3.94. The Kier molecular flexibility index (Phi) is 5.41. The van der Waals surface area contributed by atoms with Gasteiger partial charge in [0.05, 0.1) is 7.11 Å². The second kappa shape index (κ2) is 6.24. The molecule has 4 nitrogen and oxygen atoms in total. The fourth-order valence-corrected chi connectivity index (χ4v) is 2.84. The first-order valence-electron chi connectivity index (χ1n) is 5.55. The molecule has 0 amide bonds. The molecule has 0 radical (unpaired) electrons. The summed E-state index contributed by atoms with van der Waals surface area (Å²) in [5.74, 6) is 0.599. The molecule has 0 saturated carbocycles. The standard InChI is InChI=1S/C13H14O4S.Na.H/c1-3-9-8-12(18(14,15)16)10-6-4-5-7-11(17-2)13(9)10;;/h4-8H,3H2,1-2H3,(H,14,15,16);;. The molecule has 98 valence electrons. The Morgan fingerprint density at radius 1 is 1.26 bits per heavy atom. The molecule has 0 spiro atoms. The molecular weight excluding hydrogens is 275 g/mol. The quantitative estimate of drug-likeness (QED) is 0.693. The number of fused-ring (bicyclic) bond motifs is 1. The molecule has 0 unspecified atom stereocenters. The Hall–Kier alpha value is -0.590. The Morgan fingerprint density at radius 2 is 1.89 bits per heavy atom. The second-order valence-corrected chi connectivity index (χ2v) is 5.33. The van der Waals surface area contributed by atoms with Crippen LogP contribution in [0.2, 0.25) is 0 Å². The number of aryl methyl sites for hydroxylation is 1. The van der Waals surface area contributed by atoms with Crippen molar-refractivity contribution in [1.29, 1.82) is 0 Å². The fraction of sp³-hybridized carbons (Fsp3) is 0.231. The van der Waals surface area contributed by atoms with Crippen molar-refractivity contribution in [2.45, 2.75) is 18.2 Å². The summed E-state index contributed by atoms with van der Waals surface area (Å²) in [4.78, 5) is -0.0659. The van der Waals surface area contributed by atoms with E-state index in [1.54, 1.807) is 24.3 Å².